The van der Waals surface area contributed by atoms with Gasteiger partial charge in [0.1, 0.15) is 11.5 Å². The van der Waals surface area contributed by atoms with E-state index in [0.29, 0.717) is 12.3 Å². The molecule has 0 saturated heterocycles. The van der Waals surface area contributed by atoms with E-state index in [1.165, 1.54) is 11.1 Å². The van der Waals surface area contributed by atoms with Gasteiger partial charge in [0, 0.05) is 12.3 Å². The second-order valence-electron chi connectivity index (χ2n) is 6.28. The standard InChI is InChI=1S/C22H23NO3S/c1-16-6-8-17(9-7-16)14-27-15-20-10-11-21(26-20)22(24)23-13-18-4-3-5-19(12-18)25-2/h3-12H,13-15H2,1-2H3,(H,23,24). The predicted octanol–water partition coefficient (Wildman–Crippen LogP) is 4.96. The lowest BCUT2D eigenvalue weighted by molar-refractivity contribution is 0.0921. The first-order chi connectivity index (χ1) is 13.1. The second kappa shape index (κ2) is 9.33. The molecule has 140 valence electrons. The predicted molar refractivity (Wildman–Crippen MR) is 109 cm³/mol. The Labute approximate surface area is 163 Å². The summed E-state index contributed by atoms with van der Waals surface area (Å²) in [7, 11) is 1.62. The number of thioether (sulfide) groups is 1. The molecule has 27 heavy (non-hydrogen) atoms. The van der Waals surface area contributed by atoms with Gasteiger partial charge in [-0.2, -0.15) is 0 Å². The van der Waals surface area contributed by atoms with Crippen molar-refractivity contribution in [3.05, 3.63) is 88.9 Å². The Morgan fingerprint density at radius 2 is 1.85 bits per heavy atom. The third-order valence-electron chi connectivity index (χ3n) is 4.11. The first-order valence-corrected chi connectivity index (χ1v) is 9.92. The Balaban J connectivity index is 1.47. The highest BCUT2D eigenvalue weighted by atomic mass is 32.2. The summed E-state index contributed by atoms with van der Waals surface area (Å²) < 4.78 is 10.9. The highest BCUT2D eigenvalue weighted by molar-refractivity contribution is 7.97. The summed E-state index contributed by atoms with van der Waals surface area (Å²) >= 11 is 1.77. The molecule has 0 fully saturated rings. The molecule has 0 aliphatic rings. The van der Waals surface area contributed by atoms with Crippen LogP contribution in [0.15, 0.2) is 65.1 Å². The molecule has 1 amide bonds. The van der Waals surface area contributed by atoms with Gasteiger partial charge in [-0.3, -0.25) is 4.79 Å². The minimum Gasteiger partial charge on any atom is -0.497 e. The summed E-state index contributed by atoms with van der Waals surface area (Å²) in [6.07, 6.45) is 0. The zero-order valence-corrected chi connectivity index (χ0v) is 16.3. The molecular formula is C22H23NO3S. The number of hydrogen-bond acceptors (Lipinski definition) is 4. The van der Waals surface area contributed by atoms with Gasteiger partial charge < -0.3 is 14.5 Å². The lowest BCUT2D eigenvalue weighted by atomic mass is 10.2. The van der Waals surface area contributed by atoms with Gasteiger partial charge in [0.05, 0.1) is 12.9 Å². The molecule has 0 radical (unpaired) electrons. The van der Waals surface area contributed by atoms with E-state index in [4.69, 9.17) is 9.15 Å². The van der Waals surface area contributed by atoms with Crippen molar-refractivity contribution in [3.63, 3.8) is 0 Å². The summed E-state index contributed by atoms with van der Waals surface area (Å²) in [6, 6.07) is 19.7. The van der Waals surface area contributed by atoms with Crippen molar-refractivity contribution in [3.8, 4) is 5.75 Å². The van der Waals surface area contributed by atoms with E-state index in [1.54, 1.807) is 24.9 Å². The molecule has 2 aromatic carbocycles. The molecule has 1 aromatic heterocycles. The molecule has 1 heterocycles. The van der Waals surface area contributed by atoms with Gasteiger partial charge in [0.2, 0.25) is 0 Å². The number of carbonyl (C=O) groups excluding carboxylic acids is 1. The van der Waals surface area contributed by atoms with E-state index < -0.39 is 0 Å². The number of hydrogen-bond donors (Lipinski definition) is 1. The molecular weight excluding hydrogens is 358 g/mol. The van der Waals surface area contributed by atoms with Crippen LogP contribution in [0.25, 0.3) is 0 Å². The van der Waals surface area contributed by atoms with Crippen LogP contribution in [-0.2, 0) is 18.1 Å². The van der Waals surface area contributed by atoms with E-state index in [9.17, 15) is 4.79 Å². The SMILES string of the molecule is COc1cccc(CNC(=O)c2ccc(CSCc3ccc(C)cc3)o2)c1. The fourth-order valence-electron chi connectivity index (χ4n) is 2.58. The second-order valence-corrected chi connectivity index (χ2v) is 7.26. The minimum atomic E-state index is -0.215. The molecule has 1 N–H and O–H groups in total. The lowest BCUT2D eigenvalue weighted by Gasteiger charge is -2.05. The normalized spacial score (nSPS) is 10.6. The number of benzene rings is 2. The maximum atomic E-state index is 12.3. The number of aryl methyl sites for hydroxylation is 1. The van der Waals surface area contributed by atoms with Crippen LogP contribution in [0.3, 0.4) is 0 Å². The van der Waals surface area contributed by atoms with E-state index in [2.05, 4.69) is 36.5 Å². The summed E-state index contributed by atoms with van der Waals surface area (Å²) in [5.74, 6) is 3.35. The number of rotatable bonds is 8. The number of ether oxygens (including phenoxy) is 1. The highest BCUT2D eigenvalue weighted by Crippen LogP contribution is 2.20. The van der Waals surface area contributed by atoms with E-state index in [-0.39, 0.29) is 5.91 Å². The van der Waals surface area contributed by atoms with Crippen LogP contribution in [0, 0.1) is 6.92 Å². The van der Waals surface area contributed by atoms with Crippen molar-refractivity contribution in [2.75, 3.05) is 7.11 Å². The zero-order chi connectivity index (χ0) is 19.1. The van der Waals surface area contributed by atoms with Crippen LogP contribution in [0.4, 0.5) is 0 Å². The number of amides is 1. The number of furan rings is 1. The molecule has 0 aliphatic heterocycles. The summed E-state index contributed by atoms with van der Waals surface area (Å²) in [5.41, 5.74) is 3.52. The average Bonchev–Trinajstić information content (AvgIpc) is 3.17. The highest BCUT2D eigenvalue weighted by Gasteiger charge is 2.11. The van der Waals surface area contributed by atoms with Gasteiger partial charge in [-0.25, -0.2) is 0 Å². The smallest absolute Gasteiger partial charge is 0.287 e. The van der Waals surface area contributed by atoms with Gasteiger partial charge in [-0.1, -0.05) is 42.0 Å². The van der Waals surface area contributed by atoms with Gasteiger partial charge in [-0.05, 0) is 42.3 Å². The van der Waals surface area contributed by atoms with Crippen LogP contribution in [0.1, 0.15) is 33.0 Å². The van der Waals surface area contributed by atoms with Crippen molar-refractivity contribution < 1.29 is 13.9 Å². The molecule has 5 heteroatoms. The maximum absolute atomic E-state index is 12.3. The van der Waals surface area contributed by atoms with E-state index in [0.717, 1.165) is 28.6 Å². The van der Waals surface area contributed by atoms with Gasteiger partial charge in [-0.15, -0.1) is 11.8 Å². The number of methoxy groups -OCH3 is 1. The van der Waals surface area contributed by atoms with E-state index >= 15 is 0 Å². The molecule has 0 atom stereocenters. The molecule has 3 aromatic rings. The lowest BCUT2D eigenvalue weighted by Crippen LogP contribution is -2.22. The summed E-state index contributed by atoms with van der Waals surface area (Å²) in [5, 5.41) is 2.87. The third kappa shape index (κ3) is 5.66. The monoisotopic (exact) mass is 381 g/mol. The molecule has 0 bridgehead atoms. The fraction of sp³-hybridized carbons (Fsp3) is 0.227. The van der Waals surface area contributed by atoms with E-state index in [1.807, 2.05) is 30.3 Å². The molecule has 3 rings (SSSR count). The van der Waals surface area contributed by atoms with Crippen LogP contribution in [0.5, 0.6) is 5.75 Å². The van der Waals surface area contributed by atoms with Gasteiger partial charge in [0.15, 0.2) is 5.76 Å². The quantitative estimate of drug-likeness (QED) is 0.599. The number of carbonyl (C=O) groups is 1. The summed E-state index contributed by atoms with van der Waals surface area (Å²) in [6.45, 7) is 2.51. The van der Waals surface area contributed by atoms with Crippen molar-refractivity contribution in [2.24, 2.45) is 0 Å². The van der Waals surface area contributed by atoms with Crippen LogP contribution in [-0.4, -0.2) is 13.0 Å². The van der Waals surface area contributed by atoms with Crippen molar-refractivity contribution in [1.29, 1.82) is 0 Å². The van der Waals surface area contributed by atoms with Crippen molar-refractivity contribution in [1.82, 2.24) is 5.32 Å². The van der Waals surface area contributed by atoms with Crippen LogP contribution in [0.2, 0.25) is 0 Å². The average molecular weight is 381 g/mol. The Bertz CT molecular complexity index is 887. The molecule has 0 spiro atoms. The molecule has 0 saturated carbocycles. The van der Waals surface area contributed by atoms with Gasteiger partial charge >= 0.3 is 0 Å². The maximum Gasteiger partial charge on any atom is 0.287 e. The fourth-order valence-corrected chi connectivity index (χ4v) is 3.47. The molecule has 0 unspecified atom stereocenters. The van der Waals surface area contributed by atoms with Crippen molar-refractivity contribution in [2.45, 2.75) is 25.0 Å². The zero-order valence-electron chi connectivity index (χ0n) is 15.5. The minimum absolute atomic E-state index is 0.215. The largest absolute Gasteiger partial charge is 0.497 e. The molecule has 4 nitrogen and oxygen atoms in total. The Morgan fingerprint density at radius 1 is 1.04 bits per heavy atom. The van der Waals surface area contributed by atoms with Gasteiger partial charge in [0.25, 0.3) is 5.91 Å². The van der Waals surface area contributed by atoms with Crippen LogP contribution < -0.4 is 10.1 Å². The first kappa shape index (κ1) is 19.1. The Morgan fingerprint density at radius 3 is 2.63 bits per heavy atom. The first-order valence-electron chi connectivity index (χ1n) is 8.77. The number of nitrogens with one attached hydrogen (secondary N) is 1. The Kier molecular flexibility index (Phi) is 6.60. The molecule has 0 aliphatic carbocycles. The van der Waals surface area contributed by atoms with Crippen molar-refractivity contribution >= 4 is 17.7 Å². The summed E-state index contributed by atoms with van der Waals surface area (Å²) in [4.78, 5) is 12.3. The Hall–Kier alpha value is -2.66. The van der Waals surface area contributed by atoms with Crippen LogP contribution >= 0.6 is 11.8 Å². The topological polar surface area (TPSA) is 51.5 Å². The third-order valence-corrected chi connectivity index (χ3v) is 5.13.